The van der Waals surface area contributed by atoms with E-state index in [-0.39, 0.29) is 12.2 Å². The molecule has 4 heteroatoms. The van der Waals surface area contributed by atoms with Gasteiger partial charge in [0, 0.05) is 18.8 Å². The summed E-state index contributed by atoms with van der Waals surface area (Å²) in [5.41, 5.74) is 2.54. The predicted octanol–water partition coefficient (Wildman–Crippen LogP) is 3.48. The molecule has 3 nitrogen and oxygen atoms in total. The van der Waals surface area contributed by atoms with Gasteiger partial charge < -0.3 is 10.0 Å². The average molecular weight is 287 g/mol. The van der Waals surface area contributed by atoms with Crippen LogP contribution >= 0.6 is 0 Å². The van der Waals surface area contributed by atoms with E-state index in [9.17, 15) is 9.18 Å². The SMILES string of the molecule is CCN(Cc1ccccc1CC(=O)O)c1cccc(F)c1. The number of anilines is 1. The number of carbonyl (C=O) groups is 1. The normalized spacial score (nSPS) is 10.4. The summed E-state index contributed by atoms with van der Waals surface area (Å²) in [6.07, 6.45) is -0.00310. The summed E-state index contributed by atoms with van der Waals surface area (Å²) in [6, 6.07) is 13.9. The van der Waals surface area contributed by atoms with Crippen molar-refractivity contribution in [2.45, 2.75) is 19.9 Å². The molecule has 0 aliphatic carbocycles. The largest absolute Gasteiger partial charge is 0.481 e. The Kier molecular flexibility index (Phi) is 4.93. The Hall–Kier alpha value is -2.36. The highest BCUT2D eigenvalue weighted by Crippen LogP contribution is 2.20. The molecule has 0 fully saturated rings. The first-order valence-electron chi connectivity index (χ1n) is 6.89. The van der Waals surface area contributed by atoms with Crippen molar-refractivity contribution in [3.63, 3.8) is 0 Å². The van der Waals surface area contributed by atoms with Gasteiger partial charge in [0.1, 0.15) is 5.82 Å². The standard InChI is InChI=1S/C17H18FNO2/c1-2-19(16-9-5-8-15(18)11-16)12-14-7-4-3-6-13(14)10-17(20)21/h3-9,11H,2,10,12H2,1H3,(H,20,21). The molecular weight excluding hydrogens is 269 g/mol. The van der Waals surface area contributed by atoms with Crippen LogP contribution in [0.25, 0.3) is 0 Å². The highest BCUT2D eigenvalue weighted by molar-refractivity contribution is 5.70. The Morgan fingerprint density at radius 3 is 2.48 bits per heavy atom. The Morgan fingerprint density at radius 2 is 1.86 bits per heavy atom. The van der Waals surface area contributed by atoms with Crippen molar-refractivity contribution in [1.29, 1.82) is 0 Å². The zero-order valence-corrected chi connectivity index (χ0v) is 11.9. The third kappa shape index (κ3) is 4.05. The van der Waals surface area contributed by atoms with Gasteiger partial charge in [-0.1, -0.05) is 30.3 Å². The predicted molar refractivity (Wildman–Crippen MR) is 80.9 cm³/mol. The lowest BCUT2D eigenvalue weighted by molar-refractivity contribution is -0.136. The molecule has 0 heterocycles. The van der Waals surface area contributed by atoms with E-state index in [2.05, 4.69) is 0 Å². The molecule has 2 aromatic rings. The Morgan fingerprint density at radius 1 is 1.14 bits per heavy atom. The molecule has 2 aromatic carbocycles. The smallest absolute Gasteiger partial charge is 0.307 e. The summed E-state index contributed by atoms with van der Waals surface area (Å²) < 4.78 is 13.3. The van der Waals surface area contributed by atoms with E-state index in [1.165, 1.54) is 12.1 Å². The van der Waals surface area contributed by atoms with Gasteiger partial charge in [-0.3, -0.25) is 4.79 Å². The summed E-state index contributed by atoms with van der Waals surface area (Å²) >= 11 is 0. The number of carboxylic acids is 1. The van der Waals surface area contributed by atoms with Gasteiger partial charge in [-0.05, 0) is 36.2 Å². The van der Waals surface area contributed by atoms with E-state index in [0.717, 1.165) is 16.8 Å². The molecule has 0 bridgehead atoms. The van der Waals surface area contributed by atoms with Crippen LogP contribution in [0, 0.1) is 5.82 Å². The van der Waals surface area contributed by atoms with Gasteiger partial charge >= 0.3 is 5.97 Å². The van der Waals surface area contributed by atoms with Crippen LogP contribution in [0.1, 0.15) is 18.1 Å². The number of benzene rings is 2. The second kappa shape index (κ2) is 6.88. The number of hydrogen-bond acceptors (Lipinski definition) is 2. The minimum Gasteiger partial charge on any atom is -0.481 e. The monoisotopic (exact) mass is 287 g/mol. The zero-order chi connectivity index (χ0) is 15.2. The van der Waals surface area contributed by atoms with Crippen molar-refractivity contribution < 1.29 is 14.3 Å². The summed E-state index contributed by atoms with van der Waals surface area (Å²) in [5.74, 6) is -1.12. The minimum atomic E-state index is -0.851. The van der Waals surface area contributed by atoms with E-state index in [4.69, 9.17) is 5.11 Å². The third-order valence-electron chi connectivity index (χ3n) is 3.38. The molecule has 0 aliphatic rings. The summed E-state index contributed by atoms with van der Waals surface area (Å²) in [7, 11) is 0. The van der Waals surface area contributed by atoms with E-state index in [0.29, 0.717) is 13.1 Å². The zero-order valence-electron chi connectivity index (χ0n) is 11.9. The maximum atomic E-state index is 13.3. The fourth-order valence-electron chi connectivity index (χ4n) is 2.31. The van der Waals surface area contributed by atoms with Crippen LogP contribution in [-0.4, -0.2) is 17.6 Å². The molecule has 0 spiro atoms. The first-order chi connectivity index (χ1) is 10.1. The second-order valence-corrected chi connectivity index (χ2v) is 4.83. The van der Waals surface area contributed by atoms with Crippen molar-refractivity contribution in [3.8, 4) is 0 Å². The number of carboxylic acid groups (broad SMARTS) is 1. The summed E-state index contributed by atoms with van der Waals surface area (Å²) in [4.78, 5) is 12.9. The van der Waals surface area contributed by atoms with Crippen LogP contribution in [0.5, 0.6) is 0 Å². The Balaban J connectivity index is 2.25. The lowest BCUT2D eigenvalue weighted by Crippen LogP contribution is -2.23. The molecule has 0 aromatic heterocycles. The molecule has 1 N–H and O–H groups in total. The van der Waals surface area contributed by atoms with Gasteiger partial charge in [0.05, 0.1) is 6.42 Å². The number of nitrogens with zero attached hydrogens (tertiary/aromatic N) is 1. The summed E-state index contributed by atoms with van der Waals surface area (Å²) in [6.45, 7) is 3.26. The number of halogens is 1. The Labute approximate surface area is 123 Å². The van der Waals surface area contributed by atoms with Gasteiger partial charge in [-0.2, -0.15) is 0 Å². The molecule has 0 atom stereocenters. The molecule has 0 aliphatic heterocycles. The van der Waals surface area contributed by atoms with Crippen LogP contribution < -0.4 is 4.90 Å². The van der Waals surface area contributed by atoms with E-state index in [1.54, 1.807) is 6.07 Å². The van der Waals surface area contributed by atoms with E-state index < -0.39 is 5.97 Å². The minimum absolute atomic E-state index is 0.00310. The highest BCUT2D eigenvalue weighted by Gasteiger charge is 2.11. The van der Waals surface area contributed by atoms with Crippen molar-refractivity contribution in [1.82, 2.24) is 0 Å². The molecule has 2 rings (SSSR count). The van der Waals surface area contributed by atoms with Crippen molar-refractivity contribution in [2.24, 2.45) is 0 Å². The molecule has 0 radical (unpaired) electrons. The van der Waals surface area contributed by atoms with Crippen LogP contribution in [0.15, 0.2) is 48.5 Å². The molecule has 21 heavy (non-hydrogen) atoms. The van der Waals surface area contributed by atoms with Crippen LogP contribution in [-0.2, 0) is 17.8 Å². The number of aliphatic carboxylic acids is 1. The number of rotatable bonds is 6. The fourth-order valence-corrected chi connectivity index (χ4v) is 2.31. The topological polar surface area (TPSA) is 40.5 Å². The van der Waals surface area contributed by atoms with Crippen LogP contribution in [0.4, 0.5) is 10.1 Å². The molecular formula is C17H18FNO2. The van der Waals surface area contributed by atoms with Crippen molar-refractivity contribution >= 4 is 11.7 Å². The van der Waals surface area contributed by atoms with Crippen LogP contribution in [0.3, 0.4) is 0 Å². The molecule has 0 saturated heterocycles. The second-order valence-electron chi connectivity index (χ2n) is 4.83. The lowest BCUT2D eigenvalue weighted by atomic mass is 10.0. The quantitative estimate of drug-likeness (QED) is 0.884. The maximum Gasteiger partial charge on any atom is 0.307 e. The van der Waals surface area contributed by atoms with E-state index in [1.807, 2.05) is 42.2 Å². The van der Waals surface area contributed by atoms with Crippen molar-refractivity contribution in [2.75, 3.05) is 11.4 Å². The highest BCUT2D eigenvalue weighted by atomic mass is 19.1. The van der Waals surface area contributed by atoms with Gasteiger partial charge in [0.25, 0.3) is 0 Å². The van der Waals surface area contributed by atoms with Crippen molar-refractivity contribution in [3.05, 3.63) is 65.5 Å². The maximum absolute atomic E-state index is 13.3. The molecule has 0 saturated carbocycles. The lowest BCUT2D eigenvalue weighted by Gasteiger charge is -2.24. The van der Waals surface area contributed by atoms with E-state index >= 15 is 0 Å². The molecule has 0 unspecified atom stereocenters. The van der Waals surface area contributed by atoms with Gasteiger partial charge in [0.2, 0.25) is 0 Å². The average Bonchev–Trinajstić information content (AvgIpc) is 2.45. The van der Waals surface area contributed by atoms with Gasteiger partial charge in [0.15, 0.2) is 0 Å². The van der Waals surface area contributed by atoms with Crippen LogP contribution in [0.2, 0.25) is 0 Å². The Bertz CT molecular complexity index is 628. The van der Waals surface area contributed by atoms with Gasteiger partial charge in [-0.15, -0.1) is 0 Å². The molecule has 0 amide bonds. The number of hydrogen-bond donors (Lipinski definition) is 1. The first-order valence-corrected chi connectivity index (χ1v) is 6.89. The summed E-state index contributed by atoms with van der Waals surface area (Å²) in [5, 5.41) is 8.97. The molecule has 110 valence electrons. The third-order valence-corrected chi connectivity index (χ3v) is 3.38. The fraction of sp³-hybridized carbons (Fsp3) is 0.235. The first kappa shape index (κ1) is 15.0. The van der Waals surface area contributed by atoms with Gasteiger partial charge in [-0.25, -0.2) is 4.39 Å².